The van der Waals surface area contributed by atoms with Crippen LogP contribution in [0.4, 0.5) is 0 Å². The van der Waals surface area contributed by atoms with E-state index in [0.717, 1.165) is 31.2 Å². The molecule has 0 aliphatic carbocycles. The van der Waals surface area contributed by atoms with E-state index in [2.05, 4.69) is 58.4 Å². The summed E-state index contributed by atoms with van der Waals surface area (Å²) >= 11 is 0. The average molecular weight is 256 g/mol. The van der Waals surface area contributed by atoms with Crippen LogP contribution in [0.2, 0.25) is 0 Å². The van der Waals surface area contributed by atoms with E-state index in [-0.39, 0.29) is 0 Å². The number of hydrogen-bond donors (Lipinski definition) is 2. The summed E-state index contributed by atoms with van der Waals surface area (Å²) in [6.07, 6.45) is 1.94. The second kappa shape index (κ2) is 5.15. The van der Waals surface area contributed by atoms with Crippen molar-refractivity contribution >= 4 is 0 Å². The van der Waals surface area contributed by atoms with Crippen molar-refractivity contribution in [2.75, 3.05) is 26.7 Å². The minimum absolute atomic E-state index is 0.302. The number of nitrogens with one attached hydrogen (secondary N) is 2. The van der Waals surface area contributed by atoms with Gasteiger partial charge in [0.15, 0.2) is 0 Å². The minimum Gasteiger partial charge on any atom is -0.341 e. The van der Waals surface area contributed by atoms with Crippen molar-refractivity contribution in [2.45, 2.75) is 13.0 Å². The zero-order valence-electron chi connectivity index (χ0n) is 11.5. The van der Waals surface area contributed by atoms with Gasteiger partial charge >= 0.3 is 0 Å². The highest BCUT2D eigenvalue weighted by Gasteiger charge is 2.20. The molecule has 1 aromatic heterocycles. The van der Waals surface area contributed by atoms with Crippen molar-refractivity contribution in [3.63, 3.8) is 0 Å². The van der Waals surface area contributed by atoms with Gasteiger partial charge in [0, 0.05) is 25.2 Å². The predicted octanol–water partition coefficient (Wildman–Crippen LogP) is 1.96. The average Bonchev–Trinajstić information content (AvgIpc) is 2.89. The molecule has 0 amide bonds. The van der Waals surface area contributed by atoms with E-state index in [1.54, 1.807) is 0 Å². The highest BCUT2D eigenvalue weighted by atomic mass is 15.2. The van der Waals surface area contributed by atoms with Crippen LogP contribution < -0.4 is 5.32 Å². The van der Waals surface area contributed by atoms with Gasteiger partial charge in [-0.15, -0.1) is 0 Å². The summed E-state index contributed by atoms with van der Waals surface area (Å²) < 4.78 is 0. The Kier molecular flexibility index (Phi) is 3.36. The molecule has 4 heteroatoms. The summed E-state index contributed by atoms with van der Waals surface area (Å²) in [5.41, 5.74) is 3.60. The molecule has 2 N–H and O–H groups in total. The van der Waals surface area contributed by atoms with Gasteiger partial charge in [-0.2, -0.15) is 0 Å². The van der Waals surface area contributed by atoms with Crippen LogP contribution in [-0.2, 0) is 0 Å². The van der Waals surface area contributed by atoms with E-state index >= 15 is 0 Å². The number of aromatic nitrogens is 2. The van der Waals surface area contributed by atoms with Crippen LogP contribution in [-0.4, -0.2) is 41.5 Å². The fourth-order valence-electron chi connectivity index (χ4n) is 2.61. The summed E-state index contributed by atoms with van der Waals surface area (Å²) in [4.78, 5) is 10.3. The van der Waals surface area contributed by atoms with Crippen molar-refractivity contribution in [3.8, 4) is 11.3 Å². The first-order valence-electron chi connectivity index (χ1n) is 6.77. The molecule has 0 spiro atoms. The van der Waals surface area contributed by atoms with Crippen molar-refractivity contribution < 1.29 is 0 Å². The van der Waals surface area contributed by atoms with Gasteiger partial charge in [0.25, 0.3) is 0 Å². The van der Waals surface area contributed by atoms with Gasteiger partial charge in [0.05, 0.1) is 17.9 Å². The van der Waals surface area contributed by atoms with Gasteiger partial charge in [-0.05, 0) is 19.5 Å². The second-order valence-corrected chi connectivity index (χ2v) is 5.27. The van der Waals surface area contributed by atoms with E-state index in [1.165, 1.54) is 11.1 Å². The van der Waals surface area contributed by atoms with Gasteiger partial charge in [-0.25, -0.2) is 4.98 Å². The Balaban J connectivity index is 1.85. The number of rotatable bonds is 2. The van der Waals surface area contributed by atoms with Crippen LogP contribution >= 0.6 is 0 Å². The normalized spacial score (nSPS) is 20.6. The summed E-state index contributed by atoms with van der Waals surface area (Å²) in [6.45, 7) is 5.24. The first-order chi connectivity index (χ1) is 9.24. The molecule has 0 saturated carbocycles. The maximum absolute atomic E-state index is 4.55. The van der Waals surface area contributed by atoms with Crippen molar-refractivity contribution in [2.24, 2.45) is 0 Å². The highest BCUT2D eigenvalue weighted by Crippen LogP contribution is 2.23. The molecular weight excluding hydrogens is 236 g/mol. The van der Waals surface area contributed by atoms with E-state index in [1.807, 2.05) is 6.20 Å². The Labute approximate surface area is 113 Å². The molecule has 1 atom stereocenters. The smallest absolute Gasteiger partial charge is 0.125 e. The lowest BCUT2D eigenvalue weighted by molar-refractivity contribution is 0.236. The summed E-state index contributed by atoms with van der Waals surface area (Å²) in [5, 5.41) is 3.51. The van der Waals surface area contributed by atoms with Crippen molar-refractivity contribution in [1.29, 1.82) is 0 Å². The monoisotopic (exact) mass is 256 g/mol. The zero-order chi connectivity index (χ0) is 13.2. The third-order valence-electron chi connectivity index (χ3n) is 3.74. The summed E-state index contributed by atoms with van der Waals surface area (Å²) in [6, 6.07) is 8.69. The largest absolute Gasteiger partial charge is 0.341 e. The number of aromatic amines is 1. The molecule has 0 bridgehead atoms. The van der Waals surface area contributed by atoms with Gasteiger partial charge in [-0.1, -0.05) is 24.3 Å². The maximum Gasteiger partial charge on any atom is 0.125 e. The molecule has 0 radical (unpaired) electrons. The van der Waals surface area contributed by atoms with Gasteiger partial charge in [-0.3, -0.25) is 0 Å². The van der Waals surface area contributed by atoms with Gasteiger partial charge < -0.3 is 15.2 Å². The summed E-state index contributed by atoms with van der Waals surface area (Å²) in [7, 11) is 2.15. The number of hydrogen-bond acceptors (Lipinski definition) is 3. The lowest BCUT2D eigenvalue weighted by Gasteiger charge is -2.29. The minimum atomic E-state index is 0.302. The molecule has 19 heavy (non-hydrogen) atoms. The number of likely N-dealkylation sites (N-methyl/N-ethyl adjacent to an activating group) is 1. The number of piperazine rings is 1. The molecule has 1 saturated heterocycles. The van der Waals surface area contributed by atoms with E-state index in [0.29, 0.717) is 6.04 Å². The molecular formula is C15H20N4. The number of imidazole rings is 1. The molecule has 2 heterocycles. The molecule has 1 fully saturated rings. The molecule has 2 aromatic rings. The Morgan fingerprint density at radius 3 is 2.95 bits per heavy atom. The van der Waals surface area contributed by atoms with E-state index < -0.39 is 0 Å². The topological polar surface area (TPSA) is 44.0 Å². The Morgan fingerprint density at radius 1 is 1.32 bits per heavy atom. The van der Waals surface area contributed by atoms with Crippen LogP contribution in [0.3, 0.4) is 0 Å². The van der Waals surface area contributed by atoms with Crippen molar-refractivity contribution in [1.82, 2.24) is 20.2 Å². The van der Waals surface area contributed by atoms with Crippen LogP contribution in [0.5, 0.6) is 0 Å². The molecule has 1 unspecified atom stereocenters. The van der Waals surface area contributed by atoms with Crippen LogP contribution in [0.15, 0.2) is 30.5 Å². The third-order valence-corrected chi connectivity index (χ3v) is 3.74. The fourth-order valence-corrected chi connectivity index (χ4v) is 2.61. The van der Waals surface area contributed by atoms with Gasteiger partial charge in [0.1, 0.15) is 5.82 Å². The Morgan fingerprint density at radius 2 is 2.16 bits per heavy atom. The lowest BCUT2D eigenvalue weighted by atomic mass is 10.1. The SMILES string of the molecule is Cc1ccccc1-c1cnc(C2CN(C)CCN2)[nH]1. The molecule has 1 aliphatic rings. The first-order valence-corrected chi connectivity index (χ1v) is 6.77. The zero-order valence-corrected chi connectivity index (χ0v) is 11.5. The summed E-state index contributed by atoms with van der Waals surface area (Å²) in [5.74, 6) is 1.03. The lowest BCUT2D eigenvalue weighted by Crippen LogP contribution is -2.44. The number of nitrogens with zero attached hydrogens (tertiary/aromatic N) is 2. The molecule has 1 aromatic carbocycles. The molecule has 3 rings (SSSR count). The quantitative estimate of drug-likeness (QED) is 0.863. The number of benzene rings is 1. The Hall–Kier alpha value is -1.65. The molecule has 1 aliphatic heterocycles. The number of H-pyrrole nitrogens is 1. The van der Waals surface area contributed by atoms with Crippen molar-refractivity contribution in [3.05, 3.63) is 41.9 Å². The van der Waals surface area contributed by atoms with Crippen LogP contribution in [0.1, 0.15) is 17.4 Å². The van der Waals surface area contributed by atoms with Crippen LogP contribution in [0.25, 0.3) is 11.3 Å². The van der Waals surface area contributed by atoms with E-state index in [4.69, 9.17) is 0 Å². The highest BCUT2D eigenvalue weighted by molar-refractivity contribution is 5.62. The predicted molar refractivity (Wildman–Crippen MR) is 77.0 cm³/mol. The standard InChI is InChI=1S/C15H20N4/c1-11-5-3-4-6-12(11)13-9-17-15(18-13)14-10-19(2)8-7-16-14/h3-6,9,14,16H,7-8,10H2,1-2H3,(H,17,18). The second-order valence-electron chi connectivity index (χ2n) is 5.27. The maximum atomic E-state index is 4.55. The van der Waals surface area contributed by atoms with Gasteiger partial charge in [0.2, 0.25) is 0 Å². The molecule has 100 valence electrons. The third kappa shape index (κ3) is 2.55. The van der Waals surface area contributed by atoms with E-state index in [9.17, 15) is 0 Å². The molecule has 4 nitrogen and oxygen atoms in total. The Bertz CT molecular complexity index is 561. The first kappa shape index (κ1) is 12.4. The number of aryl methyl sites for hydroxylation is 1. The van der Waals surface area contributed by atoms with Crippen LogP contribution in [0, 0.1) is 6.92 Å². The fraction of sp³-hybridized carbons (Fsp3) is 0.400.